The first kappa shape index (κ1) is 16.1. The number of halogens is 1. The molecule has 21 heavy (non-hydrogen) atoms. The maximum atomic E-state index is 6.18. The predicted molar refractivity (Wildman–Crippen MR) is 88.8 cm³/mol. The summed E-state index contributed by atoms with van der Waals surface area (Å²) < 4.78 is 1.97. The lowest BCUT2D eigenvalue weighted by Gasteiger charge is -2.20. The highest BCUT2D eigenvalue weighted by molar-refractivity contribution is 6.30. The molecule has 1 aromatic heterocycles. The van der Waals surface area contributed by atoms with Gasteiger partial charge in [0, 0.05) is 23.8 Å². The molecule has 1 atom stereocenters. The number of nitrogens with one attached hydrogen (secondary N) is 1. The number of aryl methyl sites for hydroxylation is 2. The van der Waals surface area contributed by atoms with Crippen molar-refractivity contribution in [1.29, 1.82) is 0 Å². The number of benzene rings is 1. The predicted octanol–water partition coefficient (Wildman–Crippen LogP) is 4.15. The summed E-state index contributed by atoms with van der Waals surface area (Å²) in [5.74, 6) is 0. The SMILES string of the molecule is CCCNC(Cc1cnn(CC)c1)c1cc(Cl)ccc1C. The van der Waals surface area contributed by atoms with Gasteiger partial charge in [-0.1, -0.05) is 24.6 Å². The zero-order chi connectivity index (χ0) is 15.2. The summed E-state index contributed by atoms with van der Waals surface area (Å²) in [6.07, 6.45) is 6.13. The Balaban J connectivity index is 2.22. The molecule has 1 aromatic carbocycles. The van der Waals surface area contributed by atoms with Crippen molar-refractivity contribution in [3.63, 3.8) is 0 Å². The molecule has 3 nitrogen and oxygen atoms in total. The Labute approximate surface area is 132 Å². The summed E-state index contributed by atoms with van der Waals surface area (Å²) in [7, 11) is 0. The second kappa shape index (κ2) is 7.62. The molecule has 2 rings (SSSR count). The van der Waals surface area contributed by atoms with Gasteiger partial charge in [0.25, 0.3) is 0 Å². The quantitative estimate of drug-likeness (QED) is 0.833. The van der Waals surface area contributed by atoms with Gasteiger partial charge < -0.3 is 5.32 Å². The zero-order valence-electron chi connectivity index (χ0n) is 13.1. The maximum absolute atomic E-state index is 6.18. The standard InChI is InChI=1S/C17H24ClN3/c1-4-8-19-17(9-14-11-20-21(5-2)12-14)16-10-15(18)7-6-13(16)3/h6-7,10-12,17,19H,4-5,8-9H2,1-3H3. The Morgan fingerprint density at radius 2 is 2.14 bits per heavy atom. The zero-order valence-corrected chi connectivity index (χ0v) is 13.8. The van der Waals surface area contributed by atoms with Crippen molar-refractivity contribution in [1.82, 2.24) is 15.1 Å². The van der Waals surface area contributed by atoms with Crippen molar-refractivity contribution in [2.45, 2.75) is 46.2 Å². The van der Waals surface area contributed by atoms with E-state index in [1.54, 1.807) is 0 Å². The molecular formula is C17H24ClN3. The minimum atomic E-state index is 0.276. The highest BCUT2D eigenvalue weighted by atomic mass is 35.5. The van der Waals surface area contributed by atoms with Crippen LogP contribution in [0.1, 0.15) is 43.0 Å². The third-order valence-corrected chi connectivity index (χ3v) is 3.94. The van der Waals surface area contributed by atoms with Gasteiger partial charge in [0.05, 0.1) is 6.20 Å². The molecule has 2 aromatic rings. The average molecular weight is 306 g/mol. The lowest BCUT2D eigenvalue weighted by Crippen LogP contribution is -2.24. The molecule has 0 aliphatic rings. The maximum Gasteiger partial charge on any atom is 0.0522 e. The molecular weight excluding hydrogens is 282 g/mol. The Bertz CT molecular complexity index is 577. The summed E-state index contributed by atoms with van der Waals surface area (Å²) in [6, 6.07) is 6.40. The van der Waals surface area contributed by atoms with Gasteiger partial charge in [-0.25, -0.2) is 0 Å². The minimum Gasteiger partial charge on any atom is -0.310 e. The second-order valence-electron chi connectivity index (χ2n) is 5.42. The van der Waals surface area contributed by atoms with Crippen molar-refractivity contribution in [3.05, 3.63) is 52.3 Å². The fraction of sp³-hybridized carbons (Fsp3) is 0.471. The number of nitrogens with zero attached hydrogens (tertiary/aromatic N) is 2. The van der Waals surface area contributed by atoms with E-state index in [-0.39, 0.29) is 6.04 Å². The molecule has 0 saturated heterocycles. The number of hydrogen-bond donors (Lipinski definition) is 1. The first-order valence-electron chi connectivity index (χ1n) is 7.64. The van der Waals surface area contributed by atoms with Crippen molar-refractivity contribution in [2.24, 2.45) is 0 Å². The summed E-state index contributed by atoms with van der Waals surface area (Å²) in [5, 5.41) is 8.79. The molecule has 0 aliphatic carbocycles. The molecule has 4 heteroatoms. The van der Waals surface area contributed by atoms with Crippen LogP contribution in [0.25, 0.3) is 0 Å². The van der Waals surface area contributed by atoms with Crippen molar-refractivity contribution < 1.29 is 0 Å². The lowest BCUT2D eigenvalue weighted by molar-refractivity contribution is 0.527. The van der Waals surface area contributed by atoms with Crippen LogP contribution in [0.5, 0.6) is 0 Å². The number of hydrogen-bond acceptors (Lipinski definition) is 2. The summed E-state index contributed by atoms with van der Waals surface area (Å²) in [4.78, 5) is 0. The van der Waals surface area contributed by atoms with E-state index < -0.39 is 0 Å². The molecule has 0 fully saturated rings. The molecule has 0 radical (unpaired) electrons. The second-order valence-corrected chi connectivity index (χ2v) is 5.85. The third kappa shape index (κ3) is 4.32. The summed E-state index contributed by atoms with van der Waals surface area (Å²) in [6.45, 7) is 8.33. The minimum absolute atomic E-state index is 0.276. The fourth-order valence-corrected chi connectivity index (χ4v) is 2.70. The van der Waals surface area contributed by atoms with E-state index in [0.717, 1.165) is 31.0 Å². The average Bonchev–Trinajstić information content (AvgIpc) is 2.94. The largest absolute Gasteiger partial charge is 0.310 e. The molecule has 0 amide bonds. The van der Waals surface area contributed by atoms with Crippen LogP contribution in [0, 0.1) is 6.92 Å². The van der Waals surface area contributed by atoms with Crippen molar-refractivity contribution in [3.8, 4) is 0 Å². The molecule has 1 unspecified atom stereocenters. The topological polar surface area (TPSA) is 29.9 Å². The first-order chi connectivity index (χ1) is 10.1. The van der Waals surface area contributed by atoms with E-state index in [4.69, 9.17) is 11.6 Å². The highest BCUT2D eigenvalue weighted by Gasteiger charge is 2.15. The fourth-order valence-electron chi connectivity index (χ4n) is 2.52. The van der Waals surface area contributed by atoms with Crippen LogP contribution >= 0.6 is 11.6 Å². The number of aromatic nitrogens is 2. The molecule has 1 heterocycles. The normalized spacial score (nSPS) is 12.6. The smallest absolute Gasteiger partial charge is 0.0522 e. The lowest BCUT2D eigenvalue weighted by atomic mass is 9.96. The van der Waals surface area contributed by atoms with Gasteiger partial charge in [0.15, 0.2) is 0 Å². The van der Waals surface area contributed by atoms with E-state index in [9.17, 15) is 0 Å². The molecule has 0 spiro atoms. The van der Waals surface area contributed by atoms with Gasteiger partial charge in [-0.05, 0) is 62.1 Å². The van der Waals surface area contributed by atoms with Crippen LogP contribution in [0.3, 0.4) is 0 Å². The van der Waals surface area contributed by atoms with Crippen molar-refractivity contribution in [2.75, 3.05) is 6.54 Å². The van der Waals surface area contributed by atoms with Gasteiger partial charge in [0.1, 0.15) is 0 Å². The van der Waals surface area contributed by atoms with Crippen LogP contribution in [0.15, 0.2) is 30.6 Å². The first-order valence-corrected chi connectivity index (χ1v) is 8.02. The van der Waals surface area contributed by atoms with Crippen LogP contribution in [0.4, 0.5) is 0 Å². The molecule has 1 N–H and O–H groups in total. The van der Waals surface area contributed by atoms with Gasteiger partial charge in [-0.3, -0.25) is 4.68 Å². The van der Waals surface area contributed by atoms with Crippen LogP contribution in [-0.4, -0.2) is 16.3 Å². The summed E-state index contributed by atoms with van der Waals surface area (Å²) in [5.41, 5.74) is 3.81. The Kier molecular flexibility index (Phi) is 5.83. The van der Waals surface area contributed by atoms with E-state index in [1.165, 1.54) is 16.7 Å². The number of rotatable bonds is 7. The van der Waals surface area contributed by atoms with Gasteiger partial charge in [-0.2, -0.15) is 5.10 Å². The summed E-state index contributed by atoms with van der Waals surface area (Å²) >= 11 is 6.18. The molecule has 0 bridgehead atoms. The van der Waals surface area contributed by atoms with Crippen LogP contribution in [-0.2, 0) is 13.0 Å². The van der Waals surface area contributed by atoms with E-state index in [0.29, 0.717) is 0 Å². The van der Waals surface area contributed by atoms with E-state index in [2.05, 4.69) is 49.5 Å². The molecule has 114 valence electrons. The van der Waals surface area contributed by atoms with Crippen LogP contribution in [0.2, 0.25) is 5.02 Å². The monoisotopic (exact) mass is 305 g/mol. The van der Waals surface area contributed by atoms with E-state index >= 15 is 0 Å². The van der Waals surface area contributed by atoms with E-state index in [1.807, 2.05) is 16.9 Å². The third-order valence-electron chi connectivity index (χ3n) is 3.71. The Morgan fingerprint density at radius 1 is 1.33 bits per heavy atom. The molecule has 0 saturated carbocycles. The van der Waals surface area contributed by atoms with Gasteiger partial charge in [-0.15, -0.1) is 0 Å². The van der Waals surface area contributed by atoms with Gasteiger partial charge >= 0.3 is 0 Å². The Hall–Kier alpha value is -1.32. The van der Waals surface area contributed by atoms with Crippen molar-refractivity contribution >= 4 is 11.6 Å². The molecule has 0 aliphatic heterocycles. The highest BCUT2D eigenvalue weighted by Crippen LogP contribution is 2.25. The van der Waals surface area contributed by atoms with Gasteiger partial charge in [0.2, 0.25) is 0 Å². The Morgan fingerprint density at radius 3 is 2.81 bits per heavy atom. The van der Waals surface area contributed by atoms with Crippen LogP contribution < -0.4 is 5.32 Å².